The summed E-state index contributed by atoms with van der Waals surface area (Å²) < 4.78 is 8.86. The van der Waals surface area contributed by atoms with Crippen molar-refractivity contribution in [1.29, 1.82) is 0 Å². The third kappa shape index (κ3) is 4.68. The molecule has 9 aromatic carbocycles. The summed E-state index contributed by atoms with van der Waals surface area (Å²) in [6.07, 6.45) is 0. The number of hydrogen-bond donors (Lipinski definition) is 0. The van der Waals surface area contributed by atoms with Crippen LogP contribution < -0.4 is 4.90 Å². The van der Waals surface area contributed by atoms with Crippen molar-refractivity contribution >= 4 is 82.4 Å². The standard InChI is InChI=1S/C50H32N2O/c1-2-14-36(15-3-1)52-47-31-38(26-29-43(47)46-28-23-34-12-5-7-17-42(34)50(46)52)51(39-27-30-45-44-18-8-9-20-48(44)53-49(45)32-39)37-24-21-35(22-25-37)41-19-10-13-33-11-4-6-16-40(33)41/h1-32H. The minimum absolute atomic E-state index is 0.868. The Morgan fingerprint density at radius 3 is 1.81 bits per heavy atom. The highest BCUT2D eigenvalue weighted by Gasteiger charge is 2.20. The van der Waals surface area contributed by atoms with Gasteiger partial charge in [0.2, 0.25) is 0 Å². The fraction of sp³-hybridized carbons (Fsp3) is 0. The van der Waals surface area contributed by atoms with Gasteiger partial charge in [0.1, 0.15) is 11.2 Å². The Morgan fingerprint density at radius 2 is 0.981 bits per heavy atom. The number of para-hydroxylation sites is 2. The predicted molar refractivity (Wildman–Crippen MR) is 223 cm³/mol. The van der Waals surface area contributed by atoms with Crippen LogP contribution in [-0.2, 0) is 0 Å². The molecular weight excluding hydrogens is 645 g/mol. The molecule has 3 nitrogen and oxygen atoms in total. The Balaban J connectivity index is 1.15. The normalized spacial score (nSPS) is 11.8. The maximum absolute atomic E-state index is 6.43. The average molecular weight is 677 g/mol. The highest BCUT2D eigenvalue weighted by atomic mass is 16.3. The lowest BCUT2D eigenvalue weighted by atomic mass is 9.98. The van der Waals surface area contributed by atoms with Crippen LogP contribution in [0.2, 0.25) is 0 Å². The SMILES string of the molecule is c1ccc(-n2c3cc(N(c4ccc(-c5cccc6ccccc56)cc4)c4ccc5c(c4)oc4ccccc45)ccc3c3ccc4ccccc4c32)cc1. The molecule has 0 saturated carbocycles. The molecule has 0 aliphatic heterocycles. The number of benzene rings is 9. The van der Waals surface area contributed by atoms with Gasteiger partial charge in [-0.15, -0.1) is 0 Å². The topological polar surface area (TPSA) is 21.3 Å². The van der Waals surface area contributed by atoms with Gasteiger partial charge >= 0.3 is 0 Å². The molecule has 0 unspecified atom stereocenters. The highest BCUT2D eigenvalue weighted by Crippen LogP contribution is 2.43. The average Bonchev–Trinajstić information content (AvgIpc) is 3.77. The maximum atomic E-state index is 6.43. The molecule has 2 heterocycles. The largest absolute Gasteiger partial charge is 0.456 e. The summed E-state index contributed by atoms with van der Waals surface area (Å²) in [5.74, 6) is 0. The fourth-order valence-electron chi connectivity index (χ4n) is 8.32. The van der Waals surface area contributed by atoms with Crippen molar-refractivity contribution < 1.29 is 4.42 Å². The minimum Gasteiger partial charge on any atom is -0.456 e. The van der Waals surface area contributed by atoms with Crippen LogP contribution in [0.3, 0.4) is 0 Å². The van der Waals surface area contributed by atoms with E-state index in [1.807, 2.05) is 12.1 Å². The summed E-state index contributed by atoms with van der Waals surface area (Å²) in [6.45, 7) is 0. The van der Waals surface area contributed by atoms with Gasteiger partial charge in [0.05, 0.1) is 11.0 Å². The molecule has 0 radical (unpaired) electrons. The molecule has 0 saturated heterocycles. The van der Waals surface area contributed by atoms with Crippen LogP contribution in [0.25, 0.3) is 82.1 Å². The molecule has 0 spiro atoms. The van der Waals surface area contributed by atoms with Crippen LogP contribution >= 0.6 is 0 Å². The van der Waals surface area contributed by atoms with E-state index in [0.717, 1.165) is 50.2 Å². The lowest BCUT2D eigenvalue weighted by molar-refractivity contribution is 0.669. The van der Waals surface area contributed by atoms with Gasteiger partial charge in [0, 0.05) is 55.7 Å². The molecule has 0 aliphatic rings. The molecule has 0 atom stereocenters. The molecule has 0 N–H and O–H groups in total. The molecule has 0 amide bonds. The molecule has 3 heteroatoms. The van der Waals surface area contributed by atoms with Crippen molar-refractivity contribution in [3.05, 3.63) is 194 Å². The molecular formula is C50H32N2O. The second-order valence-electron chi connectivity index (χ2n) is 13.7. The van der Waals surface area contributed by atoms with Gasteiger partial charge in [-0.05, 0) is 81.9 Å². The zero-order chi connectivity index (χ0) is 34.9. The third-order valence-corrected chi connectivity index (χ3v) is 10.8. The number of fused-ring (bicyclic) bond motifs is 9. The number of hydrogen-bond acceptors (Lipinski definition) is 2. The van der Waals surface area contributed by atoms with Gasteiger partial charge in [-0.3, -0.25) is 0 Å². The smallest absolute Gasteiger partial charge is 0.137 e. The van der Waals surface area contributed by atoms with Crippen molar-refractivity contribution in [2.45, 2.75) is 0 Å². The van der Waals surface area contributed by atoms with Crippen LogP contribution in [0.4, 0.5) is 17.1 Å². The molecule has 0 bridgehead atoms. The summed E-state index contributed by atoms with van der Waals surface area (Å²) in [7, 11) is 0. The monoisotopic (exact) mass is 676 g/mol. The van der Waals surface area contributed by atoms with E-state index in [1.54, 1.807) is 0 Å². The van der Waals surface area contributed by atoms with Crippen molar-refractivity contribution in [3.63, 3.8) is 0 Å². The van der Waals surface area contributed by atoms with Crippen molar-refractivity contribution in [1.82, 2.24) is 4.57 Å². The van der Waals surface area contributed by atoms with Gasteiger partial charge < -0.3 is 13.9 Å². The van der Waals surface area contributed by atoms with E-state index in [0.29, 0.717) is 0 Å². The van der Waals surface area contributed by atoms with Crippen LogP contribution in [0.1, 0.15) is 0 Å². The minimum atomic E-state index is 0.868. The second kappa shape index (κ2) is 11.7. The molecule has 11 rings (SSSR count). The van der Waals surface area contributed by atoms with Gasteiger partial charge in [0.15, 0.2) is 0 Å². The highest BCUT2D eigenvalue weighted by molar-refractivity contribution is 6.19. The lowest BCUT2D eigenvalue weighted by Crippen LogP contribution is -2.10. The van der Waals surface area contributed by atoms with Crippen molar-refractivity contribution in [2.24, 2.45) is 0 Å². The van der Waals surface area contributed by atoms with E-state index in [4.69, 9.17) is 4.42 Å². The Labute approximate surface area is 306 Å². The third-order valence-electron chi connectivity index (χ3n) is 10.8. The number of furan rings is 1. The molecule has 2 aromatic heterocycles. The molecule has 248 valence electrons. The zero-order valence-electron chi connectivity index (χ0n) is 28.8. The quantitative estimate of drug-likeness (QED) is 0.181. The second-order valence-corrected chi connectivity index (χ2v) is 13.7. The Bertz CT molecular complexity index is 3160. The number of anilines is 3. The molecule has 0 fully saturated rings. The van der Waals surface area contributed by atoms with Crippen LogP contribution in [0, 0.1) is 0 Å². The van der Waals surface area contributed by atoms with Crippen molar-refractivity contribution in [3.8, 4) is 16.8 Å². The Kier molecular flexibility index (Phi) is 6.55. The first-order valence-electron chi connectivity index (χ1n) is 18.1. The maximum Gasteiger partial charge on any atom is 0.137 e. The first-order valence-corrected chi connectivity index (χ1v) is 18.1. The predicted octanol–water partition coefficient (Wildman–Crippen LogP) is 14.1. The van der Waals surface area contributed by atoms with E-state index in [2.05, 4.69) is 191 Å². The lowest BCUT2D eigenvalue weighted by Gasteiger charge is -2.26. The fourth-order valence-corrected chi connectivity index (χ4v) is 8.32. The van der Waals surface area contributed by atoms with Gasteiger partial charge in [-0.2, -0.15) is 0 Å². The summed E-state index contributed by atoms with van der Waals surface area (Å²) in [4.78, 5) is 2.35. The van der Waals surface area contributed by atoms with E-state index >= 15 is 0 Å². The summed E-state index contributed by atoms with van der Waals surface area (Å²) in [5, 5.41) is 9.66. The van der Waals surface area contributed by atoms with Crippen LogP contribution in [-0.4, -0.2) is 4.57 Å². The number of aromatic nitrogens is 1. The summed E-state index contributed by atoms with van der Waals surface area (Å²) in [6, 6.07) is 69.8. The Morgan fingerprint density at radius 1 is 0.377 bits per heavy atom. The summed E-state index contributed by atoms with van der Waals surface area (Å²) >= 11 is 0. The van der Waals surface area contributed by atoms with E-state index in [9.17, 15) is 0 Å². The number of rotatable bonds is 5. The zero-order valence-corrected chi connectivity index (χ0v) is 28.8. The van der Waals surface area contributed by atoms with Crippen LogP contribution in [0.5, 0.6) is 0 Å². The van der Waals surface area contributed by atoms with E-state index < -0.39 is 0 Å². The molecule has 53 heavy (non-hydrogen) atoms. The van der Waals surface area contributed by atoms with Gasteiger partial charge in [0.25, 0.3) is 0 Å². The first-order chi connectivity index (χ1) is 26.3. The van der Waals surface area contributed by atoms with E-state index in [-0.39, 0.29) is 0 Å². The van der Waals surface area contributed by atoms with Gasteiger partial charge in [-0.25, -0.2) is 0 Å². The van der Waals surface area contributed by atoms with E-state index in [1.165, 1.54) is 49.0 Å². The van der Waals surface area contributed by atoms with Crippen molar-refractivity contribution in [2.75, 3.05) is 4.90 Å². The number of nitrogens with zero attached hydrogens (tertiary/aromatic N) is 2. The molecule has 11 aromatic rings. The first kappa shape index (κ1) is 29.6. The van der Waals surface area contributed by atoms with Crippen LogP contribution in [0.15, 0.2) is 199 Å². The molecule has 0 aliphatic carbocycles. The summed E-state index contributed by atoms with van der Waals surface area (Å²) in [5.41, 5.74) is 10.8. The Hall–Kier alpha value is -7.10. The van der Waals surface area contributed by atoms with Gasteiger partial charge in [-0.1, -0.05) is 133 Å².